The summed E-state index contributed by atoms with van der Waals surface area (Å²) in [6, 6.07) is 5.42. The van der Waals surface area contributed by atoms with Gasteiger partial charge in [0.05, 0.1) is 12.8 Å². The largest absolute Gasteiger partial charge is 0.497 e. The molecule has 1 aromatic carbocycles. The third-order valence-electron chi connectivity index (χ3n) is 2.40. The summed E-state index contributed by atoms with van der Waals surface area (Å²) >= 11 is 3.36. The highest BCUT2D eigenvalue weighted by Gasteiger charge is 2.18. The molecule has 1 rings (SSSR count). The van der Waals surface area contributed by atoms with Crippen LogP contribution < -0.4 is 10.1 Å². The Bertz CT molecular complexity index is 506. The smallest absolute Gasteiger partial charge is 0.412 e. The minimum Gasteiger partial charge on any atom is -0.497 e. The maximum absolute atomic E-state index is 11.9. The number of alkyl halides is 1. The average molecular weight is 342 g/mol. The van der Waals surface area contributed by atoms with E-state index in [0.717, 1.165) is 11.1 Å². The highest BCUT2D eigenvalue weighted by Crippen LogP contribution is 2.29. The molecule has 110 valence electrons. The summed E-state index contributed by atoms with van der Waals surface area (Å²) in [5.41, 5.74) is 1.77. The van der Waals surface area contributed by atoms with Crippen molar-refractivity contribution in [3.05, 3.63) is 30.3 Å². The van der Waals surface area contributed by atoms with Crippen molar-refractivity contribution in [3.63, 3.8) is 0 Å². The molecule has 0 saturated heterocycles. The summed E-state index contributed by atoms with van der Waals surface area (Å²) in [7, 11) is 1.57. The van der Waals surface area contributed by atoms with Gasteiger partial charge in [0, 0.05) is 17.0 Å². The van der Waals surface area contributed by atoms with Gasteiger partial charge in [0.1, 0.15) is 11.4 Å². The van der Waals surface area contributed by atoms with Crippen molar-refractivity contribution in [2.45, 2.75) is 26.4 Å². The van der Waals surface area contributed by atoms with Crippen molar-refractivity contribution in [1.29, 1.82) is 0 Å². The standard InChI is InChI=1S/C15H20BrNO3/c1-10(9-16)12-7-6-11(19-5)8-13(12)17-14(18)20-15(2,3)4/h6-8H,1,9H2,2-5H3,(H,17,18). The molecule has 0 aromatic heterocycles. The van der Waals surface area contributed by atoms with Crippen LogP contribution >= 0.6 is 15.9 Å². The molecule has 0 radical (unpaired) electrons. The maximum Gasteiger partial charge on any atom is 0.412 e. The number of amides is 1. The normalized spacial score (nSPS) is 10.8. The lowest BCUT2D eigenvalue weighted by molar-refractivity contribution is 0.0636. The number of hydrogen-bond donors (Lipinski definition) is 1. The lowest BCUT2D eigenvalue weighted by atomic mass is 10.1. The molecule has 0 aliphatic heterocycles. The monoisotopic (exact) mass is 341 g/mol. The van der Waals surface area contributed by atoms with Crippen molar-refractivity contribution in [2.75, 3.05) is 17.8 Å². The van der Waals surface area contributed by atoms with Gasteiger partial charge in [0.2, 0.25) is 0 Å². The predicted octanol–water partition coefficient (Wildman–Crippen LogP) is 4.45. The zero-order valence-electron chi connectivity index (χ0n) is 12.2. The van der Waals surface area contributed by atoms with Crippen LogP contribution in [0.1, 0.15) is 26.3 Å². The van der Waals surface area contributed by atoms with Crippen molar-refractivity contribution in [2.24, 2.45) is 0 Å². The summed E-state index contributed by atoms with van der Waals surface area (Å²) in [5.74, 6) is 0.655. The Hall–Kier alpha value is -1.49. The van der Waals surface area contributed by atoms with E-state index in [1.165, 1.54) is 0 Å². The molecule has 1 amide bonds. The number of carbonyl (C=O) groups is 1. The molecule has 0 bridgehead atoms. The number of ether oxygens (including phenoxy) is 2. The van der Waals surface area contributed by atoms with E-state index < -0.39 is 11.7 Å². The van der Waals surface area contributed by atoms with Gasteiger partial charge < -0.3 is 9.47 Å². The summed E-state index contributed by atoms with van der Waals surface area (Å²) in [5, 5.41) is 3.35. The van der Waals surface area contributed by atoms with Gasteiger partial charge in [-0.3, -0.25) is 5.32 Å². The Kier molecular flexibility index (Phi) is 5.62. The van der Waals surface area contributed by atoms with Crippen molar-refractivity contribution in [3.8, 4) is 5.75 Å². The summed E-state index contributed by atoms with van der Waals surface area (Å²) in [4.78, 5) is 11.9. The Balaban J connectivity index is 3.01. The SMILES string of the molecule is C=C(CBr)c1ccc(OC)cc1NC(=O)OC(C)(C)C. The highest BCUT2D eigenvalue weighted by atomic mass is 79.9. The number of halogens is 1. The molecule has 20 heavy (non-hydrogen) atoms. The highest BCUT2D eigenvalue weighted by molar-refractivity contribution is 9.09. The zero-order chi connectivity index (χ0) is 15.3. The molecule has 0 fully saturated rings. The number of methoxy groups -OCH3 is 1. The van der Waals surface area contributed by atoms with Gasteiger partial charge in [-0.25, -0.2) is 4.79 Å². The topological polar surface area (TPSA) is 47.6 Å². The van der Waals surface area contributed by atoms with E-state index >= 15 is 0 Å². The molecule has 0 aliphatic rings. The molecule has 0 saturated carbocycles. The molecule has 0 aliphatic carbocycles. The molecule has 1 N–H and O–H groups in total. The quantitative estimate of drug-likeness (QED) is 0.823. The molecule has 0 atom stereocenters. The number of nitrogens with one attached hydrogen (secondary N) is 1. The van der Waals surface area contributed by atoms with E-state index in [-0.39, 0.29) is 0 Å². The van der Waals surface area contributed by atoms with E-state index in [4.69, 9.17) is 9.47 Å². The van der Waals surface area contributed by atoms with Gasteiger partial charge in [-0.05, 0) is 38.5 Å². The van der Waals surface area contributed by atoms with E-state index in [2.05, 4.69) is 27.8 Å². The first-order valence-electron chi connectivity index (χ1n) is 6.19. The van der Waals surface area contributed by atoms with Gasteiger partial charge in [0.15, 0.2) is 0 Å². The molecule has 5 heteroatoms. The first-order chi connectivity index (χ1) is 9.26. The fourth-order valence-electron chi connectivity index (χ4n) is 1.55. The molecular weight excluding hydrogens is 322 g/mol. The molecule has 1 aromatic rings. The zero-order valence-corrected chi connectivity index (χ0v) is 13.8. The molecule has 0 spiro atoms. The van der Waals surface area contributed by atoms with Gasteiger partial charge in [-0.1, -0.05) is 22.5 Å². The molecular formula is C15H20BrNO3. The second-order valence-electron chi connectivity index (χ2n) is 5.28. The number of rotatable bonds is 4. The Morgan fingerprint density at radius 2 is 2.05 bits per heavy atom. The first kappa shape index (κ1) is 16.6. The maximum atomic E-state index is 11.9. The average Bonchev–Trinajstić information content (AvgIpc) is 2.35. The van der Waals surface area contributed by atoms with E-state index in [0.29, 0.717) is 16.8 Å². The van der Waals surface area contributed by atoms with Crippen LogP contribution in [-0.2, 0) is 4.74 Å². The third kappa shape index (κ3) is 4.89. The number of hydrogen-bond acceptors (Lipinski definition) is 3. The van der Waals surface area contributed by atoms with Gasteiger partial charge in [0.25, 0.3) is 0 Å². The Morgan fingerprint density at radius 1 is 1.40 bits per heavy atom. The molecule has 0 heterocycles. The Morgan fingerprint density at radius 3 is 2.55 bits per heavy atom. The van der Waals surface area contributed by atoms with Crippen LogP contribution in [0.2, 0.25) is 0 Å². The van der Waals surface area contributed by atoms with Crippen LogP contribution in [0.15, 0.2) is 24.8 Å². The third-order valence-corrected chi connectivity index (χ3v) is 3.08. The van der Waals surface area contributed by atoms with Crippen molar-refractivity contribution in [1.82, 2.24) is 0 Å². The summed E-state index contributed by atoms with van der Waals surface area (Å²) in [6.07, 6.45) is -0.505. The van der Waals surface area contributed by atoms with Crippen LogP contribution in [0.5, 0.6) is 5.75 Å². The number of carbonyl (C=O) groups excluding carboxylic acids is 1. The van der Waals surface area contributed by atoms with Crippen LogP contribution in [0, 0.1) is 0 Å². The van der Waals surface area contributed by atoms with E-state index in [9.17, 15) is 4.79 Å². The number of anilines is 1. The lowest BCUT2D eigenvalue weighted by Gasteiger charge is -2.21. The fraction of sp³-hybridized carbons (Fsp3) is 0.400. The van der Waals surface area contributed by atoms with Gasteiger partial charge in [-0.2, -0.15) is 0 Å². The minimum absolute atomic E-state index is 0.505. The van der Waals surface area contributed by atoms with Gasteiger partial charge >= 0.3 is 6.09 Å². The second kappa shape index (κ2) is 6.79. The number of allylic oxidation sites excluding steroid dienone is 1. The second-order valence-corrected chi connectivity index (χ2v) is 5.84. The van der Waals surface area contributed by atoms with Crippen molar-refractivity contribution < 1.29 is 14.3 Å². The lowest BCUT2D eigenvalue weighted by Crippen LogP contribution is -2.27. The summed E-state index contributed by atoms with van der Waals surface area (Å²) < 4.78 is 10.4. The molecule has 0 unspecified atom stereocenters. The fourth-order valence-corrected chi connectivity index (χ4v) is 1.85. The van der Waals surface area contributed by atoms with E-state index in [1.807, 2.05) is 32.9 Å². The van der Waals surface area contributed by atoms with Crippen LogP contribution in [-0.4, -0.2) is 24.1 Å². The predicted molar refractivity (Wildman–Crippen MR) is 85.7 cm³/mol. The summed E-state index contributed by atoms with van der Waals surface area (Å²) in [6.45, 7) is 9.41. The van der Waals surface area contributed by atoms with Crippen LogP contribution in [0.3, 0.4) is 0 Å². The Labute approximate surface area is 128 Å². The minimum atomic E-state index is -0.546. The van der Waals surface area contributed by atoms with Gasteiger partial charge in [-0.15, -0.1) is 0 Å². The van der Waals surface area contributed by atoms with Crippen LogP contribution in [0.25, 0.3) is 5.57 Å². The van der Waals surface area contributed by atoms with Crippen molar-refractivity contribution >= 4 is 33.3 Å². The number of benzene rings is 1. The van der Waals surface area contributed by atoms with Crippen LogP contribution in [0.4, 0.5) is 10.5 Å². The van der Waals surface area contributed by atoms with E-state index in [1.54, 1.807) is 13.2 Å². The molecule has 4 nitrogen and oxygen atoms in total. The first-order valence-corrected chi connectivity index (χ1v) is 7.31.